The molecule has 2 spiro atoms. The van der Waals surface area contributed by atoms with Crippen LogP contribution >= 0.6 is 35.3 Å². The first kappa shape index (κ1) is 26.1. The zero-order valence-corrected chi connectivity index (χ0v) is 22.1. The molecule has 5 rings (SSSR count). The number of aliphatic hydroxyl groups is 1. The predicted octanol–water partition coefficient (Wildman–Crippen LogP) is 1.88. The molecule has 0 aliphatic carbocycles. The number of ether oxygens (including phenoxy) is 6. The summed E-state index contributed by atoms with van der Waals surface area (Å²) in [6.07, 6.45) is 0.318. The van der Waals surface area contributed by atoms with Crippen LogP contribution in [0.4, 0.5) is 0 Å². The van der Waals surface area contributed by atoms with E-state index in [9.17, 15) is 9.90 Å². The zero-order valence-electron chi connectivity index (χ0n) is 19.7. The van der Waals surface area contributed by atoms with Gasteiger partial charge in [0.1, 0.15) is 12.6 Å². The van der Waals surface area contributed by atoms with Crippen molar-refractivity contribution in [3.8, 4) is 0 Å². The minimum absolute atomic E-state index is 0.0693. The van der Waals surface area contributed by atoms with Crippen molar-refractivity contribution in [2.45, 2.75) is 36.6 Å². The van der Waals surface area contributed by atoms with E-state index >= 15 is 0 Å². The predicted molar refractivity (Wildman–Crippen MR) is 132 cm³/mol. The molecular formula is C23H36O8S3. The normalized spacial score (nSPS) is 37.3. The van der Waals surface area contributed by atoms with Crippen molar-refractivity contribution in [2.24, 2.45) is 23.7 Å². The number of carbonyl (C=O) groups is 1. The van der Waals surface area contributed by atoms with Crippen LogP contribution in [0.5, 0.6) is 0 Å². The Bertz CT molecular complexity index is 700. The lowest BCUT2D eigenvalue weighted by atomic mass is 9.76. The molecule has 1 unspecified atom stereocenters. The lowest BCUT2D eigenvalue weighted by molar-refractivity contribution is -0.235. The first-order chi connectivity index (χ1) is 16.6. The van der Waals surface area contributed by atoms with Gasteiger partial charge in [0.15, 0.2) is 11.6 Å². The number of ketones is 1. The molecule has 0 amide bonds. The molecule has 0 saturated carbocycles. The third kappa shape index (κ3) is 4.96. The van der Waals surface area contributed by atoms with E-state index in [1.165, 1.54) is 0 Å². The number of hydrogen-bond acceptors (Lipinski definition) is 11. The van der Waals surface area contributed by atoms with Crippen molar-refractivity contribution in [3.63, 3.8) is 0 Å². The van der Waals surface area contributed by atoms with Crippen LogP contribution in [0.25, 0.3) is 0 Å². The van der Waals surface area contributed by atoms with Crippen LogP contribution in [0.2, 0.25) is 0 Å². The number of aliphatic hydroxyl groups excluding tert-OH is 1. The molecule has 194 valence electrons. The average Bonchev–Trinajstić information content (AvgIpc) is 3.52. The summed E-state index contributed by atoms with van der Waals surface area (Å²) in [5.41, 5.74) is 0. The van der Waals surface area contributed by atoms with Crippen molar-refractivity contribution < 1.29 is 38.3 Å². The van der Waals surface area contributed by atoms with E-state index in [1.54, 1.807) is 30.6 Å². The Hall–Kier alpha value is 0.440. The van der Waals surface area contributed by atoms with Gasteiger partial charge in [-0.2, -0.15) is 35.3 Å². The number of thioether (sulfide) groups is 3. The first-order valence-electron chi connectivity index (χ1n) is 12.2. The van der Waals surface area contributed by atoms with Gasteiger partial charge in [-0.05, 0) is 11.5 Å². The van der Waals surface area contributed by atoms with E-state index in [0.29, 0.717) is 37.9 Å². The molecule has 0 aromatic heterocycles. The van der Waals surface area contributed by atoms with Crippen molar-refractivity contribution in [3.05, 3.63) is 0 Å². The van der Waals surface area contributed by atoms with Gasteiger partial charge < -0.3 is 33.5 Å². The molecule has 5 fully saturated rings. The maximum Gasteiger partial charge on any atom is 0.175 e. The van der Waals surface area contributed by atoms with E-state index in [1.807, 2.05) is 11.8 Å². The highest BCUT2D eigenvalue weighted by Crippen LogP contribution is 2.47. The van der Waals surface area contributed by atoms with Crippen LogP contribution < -0.4 is 0 Å². The summed E-state index contributed by atoms with van der Waals surface area (Å²) >= 11 is 5.36. The molecule has 0 radical (unpaired) electrons. The van der Waals surface area contributed by atoms with Gasteiger partial charge in [-0.3, -0.25) is 4.79 Å². The number of hydrogen-bond donors (Lipinski definition) is 1. The lowest BCUT2D eigenvalue weighted by Crippen LogP contribution is -2.58. The Balaban J connectivity index is 1.37. The van der Waals surface area contributed by atoms with Crippen LogP contribution in [0, 0.1) is 23.7 Å². The number of methoxy groups -OCH3 is 1. The van der Waals surface area contributed by atoms with Crippen LogP contribution in [-0.4, -0.2) is 110 Å². The fourth-order valence-electron chi connectivity index (χ4n) is 6.06. The molecule has 6 atom stereocenters. The Kier molecular flexibility index (Phi) is 8.78. The highest BCUT2D eigenvalue weighted by Gasteiger charge is 2.56. The number of rotatable bonds is 7. The molecule has 34 heavy (non-hydrogen) atoms. The van der Waals surface area contributed by atoms with Crippen LogP contribution in [0.3, 0.4) is 0 Å². The van der Waals surface area contributed by atoms with E-state index in [2.05, 4.69) is 0 Å². The first-order valence-corrected chi connectivity index (χ1v) is 15.7. The van der Waals surface area contributed by atoms with Crippen LogP contribution in [-0.2, 0) is 33.2 Å². The van der Waals surface area contributed by atoms with Crippen LogP contribution in [0.15, 0.2) is 0 Å². The zero-order chi connectivity index (χ0) is 23.6. The molecule has 0 aromatic rings. The van der Waals surface area contributed by atoms with Crippen molar-refractivity contribution in [1.82, 2.24) is 0 Å². The van der Waals surface area contributed by atoms with E-state index < -0.39 is 29.7 Å². The van der Waals surface area contributed by atoms with Crippen molar-refractivity contribution in [2.75, 3.05) is 74.8 Å². The molecule has 8 nitrogen and oxygen atoms in total. The number of Topliss-reactive ketones (excluding diaryl/α,β-unsaturated/α-hetero) is 1. The molecule has 5 aliphatic rings. The summed E-state index contributed by atoms with van der Waals surface area (Å²) in [7, 11) is 1.59. The third-order valence-corrected chi connectivity index (χ3v) is 11.2. The van der Waals surface area contributed by atoms with Gasteiger partial charge in [-0.25, -0.2) is 0 Å². The SMILES string of the molecule is COCOC([C@@H]1CSC[C@@H]([C@H](O)[C@@H]2CSCCC23OCCO3)C1=O)[C@H]1CSCCC12OCCO2. The van der Waals surface area contributed by atoms with Crippen LogP contribution in [0.1, 0.15) is 12.8 Å². The van der Waals surface area contributed by atoms with Gasteiger partial charge >= 0.3 is 0 Å². The fraction of sp³-hybridized carbons (Fsp3) is 0.957. The summed E-state index contributed by atoms with van der Waals surface area (Å²) in [5.74, 6) is 2.16. The molecule has 0 aromatic carbocycles. The quantitative estimate of drug-likeness (QED) is 0.484. The Labute approximate surface area is 214 Å². The standard InChI is InChI=1S/C23H36O8S3/c1-26-14-27-21(18-13-33-9-3-23(18)30-6-7-31-23)16-11-34-10-15(19(16)24)20(25)17-12-32-8-2-22(17)28-4-5-29-22/h15-18,20-21,25H,2-14H2,1H3/t15-,16-,17+,18-,20+,21?/m1/s1. The van der Waals surface area contributed by atoms with E-state index in [4.69, 9.17) is 28.4 Å². The molecule has 5 saturated heterocycles. The second-order valence-corrected chi connectivity index (χ2v) is 12.9. The van der Waals surface area contributed by atoms with Crippen molar-refractivity contribution in [1.29, 1.82) is 0 Å². The van der Waals surface area contributed by atoms with Gasteiger partial charge in [0.25, 0.3) is 0 Å². The summed E-state index contributed by atoms with van der Waals surface area (Å²) in [6.45, 7) is 2.31. The average molecular weight is 537 g/mol. The van der Waals surface area contributed by atoms with Gasteiger partial charge in [-0.1, -0.05) is 0 Å². The second kappa shape index (κ2) is 11.4. The summed E-state index contributed by atoms with van der Waals surface area (Å²) in [4.78, 5) is 14.0. The van der Waals surface area contributed by atoms with Crippen molar-refractivity contribution >= 4 is 41.1 Å². The van der Waals surface area contributed by atoms with Gasteiger partial charge in [0.05, 0.1) is 50.5 Å². The monoisotopic (exact) mass is 536 g/mol. The smallest absolute Gasteiger partial charge is 0.175 e. The summed E-state index contributed by atoms with van der Waals surface area (Å²) < 4.78 is 35.9. The minimum Gasteiger partial charge on any atom is -0.392 e. The lowest BCUT2D eigenvalue weighted by Gasteiger charge is -2.47. The molecule has 5 heterocycles. The Morgan fingerprint density at radius 1 is 0.882 bits per heavy atom. The summed E-state index contributed by atoms with van der Waals surface area (Å²) in [6, 6.07) is 0. The molecule has 0 bridgehead atoms. The molecule has 1 N–H and O–H groups in total. The van der Waals surface area contributed by atoms with Gasteiger partial charge in [0, 0.05) is 54.8 Å². The maximum absolute atomic E-state index is 14.0. The van der Waals surface area contributed by atoms with Gasteiger partial charge in [-0.15, -0.1) is 0 Å². The Morgan fingerprint density at radius 2 is 1.44 bits per heavy atom. The van der Waals surface area contributed by atoms with E-state index in [-0.39, 0.29) is 30.3 Å². The fourth-order valence-corrected chi connectivity index (χ4v) is 10.0. The third-order valence-electron chi connectivity index (χ3n) is 7.79. The molecule has 11 heteroatoms. The van der Waals surface area contributed by atoms with Gasteiger partial charge in [0.2, 0.25) is 0 Å². The largest absolute Gasteiger partial charge is 0.392 e. The number of carbonyl (C=O) groups excluding carboxylic acids is 1. The minimum atomic E-state index is -0.814. The Morgan fingerprint density at radius 3 is 2.06 bits per heavy atom. The molecular weight excluding hydrogens is 500 g/mol. The second-order valence-electron chi connectivity index (χ2n) is 9.56. The highest BCUT2D eigenvalue weighted by atomic mass is 32.2. The maximum atomic E-state index is 14.0. The van der Waals surface area contributed by atoms with E-state index in [0.717, 1.165) is 35.9 Å². The highest BCUT2D eigenvalue weighted by molar-refractivity contribution is 7.99. The summed E-state index contributed by atoms with van der Waals surface area (Å²) in [5, 5.41) is 11.6. The topological polar surface area (TPSA) is 92.7 Å². The molecule has 5 aliphatic heterocycles.